The van der Waals surface area contributed by atoms with Crippen molar-refractivity contribution >= 4 is 17.3 Å². The Morgan fingerprint density at radius 3 is 2.35 bits per heavy atom. The summed E-state index contributed by atoms with van der Waals surface area (Å²) in [5.41, 5.74) is -1.15. The van der Waals surface area contributed by atoms with Crippen molar-refractivity contribution in [3.05, 3.63) is 33.9 Å². The van der Waals surface area contributed by atoms with Gasteiger partial charge in [0.05, 0.1) is 24.2 Å². The Morgan fingerprint density at radius 2 is 1.95 bits per heavy atom. The molecule has 0 aliphatic rings. The highest BCUT2D eigenvalue weighted by Gasteiger charge is 2.23. The van der Waals surface area contributed by atoms with E-state index in [9.17, 15) is 23.7 Å². The second-order valence-electron chi connectivity index (χ2n) is 4.01. The summed E-state index contributed by atoms with van der Waals surface area (Å²) in [6.07, 6.45) is 0.535. The standard InChI is InChI=1S/C12H14F2N2O4/c1-3-4-15(7-11(17)20-2)12-9(13)5-8(16(18)19)6-10(12)14/h5-6H,3-4,7H2,1-2H3. The lowest BCUT2D eigenvalue weighted by atomic mass is 10.2. The SMILES string of the molecule is CCCN(CC(=O)OC)c1c(F)cc([N+](=O)[O-])cc1F. The minimum Gasteiger partial charge on any atom is -0.468 e. The fraction of sp³-hybridized carbons (Fsp3) is 0.417. The average Bonchev–Trinajstić information content (AvgIpc) is 2.37. The largest absolute Gasteiger partial charge is 0.468 e. The number of rotatable bonds is 6. The number of esters is 1. The average molecular weight is 288 g/mol. The van der Waals surface area contributed by atoms with Crippen LogP contribution in [0.1, 0.15) is 13.3 Å². The van der Waals surface area contributed by atoms with Crippen LogP contribution in [0.3, 0.4) is 0 Å². The number of carbonyl (C=O) groups excluding carboxylic acids is 1. The lowest BCUT2D eigenvalue weighted by molar-refractivity contribution is -0.385. The third-order valence-electron chi connectivity index (χ3n) is 2.57. The molecule has 0 radical (unpaired) electrons. The number of non-ortho nitro benzene ring substituents is 1. The van der Waals surface area contributed by atoms with Gasteiger partial charge in [0.2, 0.25) is 0 Å². The molecule has 0 spiro atoms. The van der Waals surface area contributed by atoms with E-state index >= 15 is 0 Å². The molecule has 0 aliphatic heterocycles. The van der Waals surface area contributed by atoms with E-state index in [1.165, 1.54) is 0 Å². The van der Waals surface area contributed by atoms with Gasteiger partial charge in [-0.25, -0.2) is 8.78 Å². The summed E-state index contributed by atoms with van der Waals surface area (Å²) >= 11 is 0. The Bertz CT molecular complexity index is 499. The number of halogens is 2. The Morgan fingerprint density at radius 1 is 1.40 bits per heavy atom. The van der Waals surface area contributed by atoms with Crippen molar-refractivity contribution < 1.29 is 23.2 Å². The maximum absolute atomic E-state index is 13.9. The van der Waals surface area contributed by atoms with Crippen LogP contribution in [0.2, 0.25) is 0 Å². The highest BCUT2D eigenvalue weighted by molar-refractivity contribution is 5.76. The third-order valence-corrected chi connectivity index (χ3v) is 2.57. The first-order valence-electron chi connectivity index (χ1n) is 5.85. The van der Waals surface area contributed by atoms with E-state index < -0.39 is 33.9 Å². The van der Waals surface area contributed by atoms with Gasteiger partial charge in [-0.15, -0.1) is 0 Å². The molecule has 1 aromatic rings. The molecule has 0 heterocycles. The molecule has 0 saturated carbocycles. The van der Waals surface area contributed by atoms with Crippen LogP contribution in [0.15, 0.2) is 12.1 Å². The molecule has 0 aliphatic carbocycles. The number of ether oxygens (including phenoxy) is 1. The number of carbonyl (C=O) groups is 1. The minimum absolute atomic E-state index is 0.209. The third kappa shape index (κ3) is 3.62. The van der Waals surface area contributed by atoms with Crippen molar-refractivity contribution in [3.8, 4) is 0 Å². The van der Waals surface area contributed by atoms with Gasteiger partial charge in [0.1, 0.15) is 12.2 Å². The van der Waals surface area contributed by atoms with E-state index in [1.54, 1.807) is 6.92 Å². The van der Waals surface area contributed by atoms with Gasteiger partial charge in [-0.05, 0) is 6.42 Å². The minimum atomic E-state index is -1.09. The zero-order chi connectivity index (χ0) is 15.3. The van der Waals surface area contributed by atoms with E-state index in [0.29, 0.717) is 18.6 Å². The van der Waals surface area contributed by atoms with E-state index in [4.69, 9.17) is 0 Å². The quantitative estimate of drug-likeness (QED) is 0.456. The number of hydrogen-bond acceptors (Lipinski definition) is 5. The predicted octanol–water partition coefficient (Wildman–Crippen LogP) is 2.26. The summed E-state index contributed by atoms with van der Waals surface area (Å²) in [6, 6.07) is 1.25. The molecule has 20 heavy (non-hydrogen) atoms. The van der Waals surface area contributed by atoms with Crippen LogP contribution in [-0.2, 0) is 9.53 Å². The summed E-state index contributed by atoms with van der Waals surface area (Å²) in [5.74, 6) is -2.83. The van der Waals surface area contributed by atoms with Crippen LogP contribution in [0.25, 0.3) is 0 Å². The lowest BCUT2D eigenvalue weighted by Gasteiger charge is -2.23. The molecule has 0 unspecified atom stereocenters. The van der Waals surface area contributed by atoms with Crippen molar-refractivity contribution in [2.75, 3.05) is 25.1 Å². The Balaban J connectivity index is 3.19. The molecular formula is C12H14F2N2O4. The van der Waals surface area contributed by atoms with Crippen molar-refractivity contribution in [1.29, 1.82) is 0 Å². The fourth-order valence-electron chi connectivity index (χ4n) is 1.72. The molecule has 0 fully saturated rings. The van der Waals surface area contributed by atoms with Gasteiger partial charge in [0, 0.05) is 6.54 Å². The summed E-state index contributed by atoms with van der Waals surface area (Å²) in [5, 5.41) is 10.5. The van der Waals surface area contributed by atoms with E-state index in [0.717, 1.165) is 12.0 Å². The smallest absolute Gasteiger partial charge is 0.325 e. The van der Waals surface area contributed by atoms with Crippen LogP contribution < -0.4 is 4.90 Å². The van der Waals surface area contributed by atoms with Crippen LogP contribution in [0.5, 0.6) is 0 Å². The van der Waals surface area contributed by atoms with Crippen molar-refractivity contribution in [3.63, 3.8) is 0 Å². The van der Waals surface area contributed by atoms with Gasteiger partial charge in [-0.1, -0.05) is 6.92 Å². The monoisotopic (exact) mass is 288 g/mol. The second kappa shape index (κ2) is 6.78. The molecule has 0 saturated heterocycles. The summed E-state index contributed by atoms with van der Waals surface area (Å²) in [6.45, 7) is 1.64. The van der Waals surface area contributed by atoms with Gasteiger partial charge in [-0.2, -0.15) is 0 Å². The molecule has 0 atom stereocenters. The van der Waals surface area contributed by atoms with E-state index in [-0.39, 0.29) is 13.1 Å². The first kappa shape index (κ1) is 15.8. The number of nitro benzene ring substituents is 1. The highest BCUT2D eigenvalue weighted by atomic mass is 19.1. The Hall–Kier alpha value is -2.25. The maximum atomic E-state index is 13.9. The zero-order valence-corrected chi connectivity index (χ0v) is 11.1. The Labute approximate surface area is 114 Å². The molecule has 0 N–H and O–H groups in total. The molecule has 8 heteroatoms. The topological polar surface area (TPSA) is 72.7 Å². The molecule has 110 valence electrons. The highest BCUT2D eigenvalue weighted by Crippen LogP contribution is 2.28. The molecule has 1 aromatic carbocycles. The molecule has 1 rings (SSSR count). The number of hydrogen-bond donors (Lipinski definition) is 0. The van der Waals surface area contributed by atoms with Gasteiger partial charge >= 0.3 is 5.97 Å². The van der Waals surface area contributed by atoms with Gasteiger partial charge in [0.15, 0.2) is 11.6 Å². The van der Waals surface area contributed by atoms with Crippen LogP contribution in [0, 0.1) is 21.7 Å². The van der Waals surface area contributed by atoms with Gasteiger partial charge in [-0.3, -0.25) is 14.9 Å². The number of anilines is 1. The molecule has 0 bridgehead atoms. The second-order valence-corrected chi connectivity index (χ2v) is 4.01. The van der Waals surface area contributed by atoms with E-state index in [1.807, 2.05) is 0 Å². The summed E-state index contributed by atoms with van der Waals surface area (Å²) in [7, 11) is 1.16. The van der Waals surface area contributed by atoms with Gasteiger partial charge in [0.25, 0.3) is 5.69 Å². The summed E-state index contributed by atoms with van der Waals surface area (Å²) in [4.78, 5) is 22.0. The van der Waals surface area contributed by atoms with Crippen molar-refractivity contribution in [2.24, 2.45) is 0 Å². The normalized spacial score (nSPS) is 10.2. The lowest BCUT2D eigenvalue weighted by Crippen LogP contribution is -2.32. The Kier molecular flexibility index (Phi) is 5.36. The van der Waals surface area contributed by atoms with Crippen LogP contribution in [0.4, 0.5) is 20.2 Å². The number of methoxy groups -OCH3 is 1. The molecule has 6 nitrogen and oxygen atoms in total. The predicted molar refractivity (Wildman–Crippen MR) is 67.5 cm³/mol. The number of nitrogens with zero attached hydrogens (tertiary/aromatic N) is 2. The number of benzene rings is 1. The van der Waals surface area contributed by atoms with Crippen molar-refractivity contribution in [1.82, 2.24) is 0 Å². The molecule has 0 amide bonds. The number of nitro groups is 1. The summed E-state index contributed by atoms with van der Waals surface area (Å²) < 4.78 is 32.2. The molecule has 0 aromatic heterocycles. The van der Waals surface area contributed by atoms with Crippen LogP contribution >= 0.6 is 0 Å². The zero-order valence-electron chi connectivity index (χ0n) is 11.1. The fourth-order valence-corrected chi connectivity index (χ4v) is 1.72. The van der Waals surface area contributed by atoms with Gasteiger partial charge < -0.3 is 9.64 Å². The maximum Gasteiger partial charge on any atom is 0.325 e. The van der Waals surface area contributed by atoms with Crippen LogP contribution in [-0.4, -0.2) is 31.1 Å². The van der Waals surface area contributed by atoms with E-state index in [2.05, 4.69) is 4.74 Å². The first-order chi connectivity index (χ1) is 9.40. The molecular weight excluding hydrogens is 274 g/mol. The van der Waals surface area contributed by atoms with Crippen molar-refractivity contribution in [2.45, 2.75) is 13.3 Å². The first-order valence-corrected chi connectivity index (χ1v) is 5.85.